The Balaban J connectivity index is 1.63. The Morgan fingerprint density at radius 1 is 1.12 bits per heavy atom. The summed E-state index contributed by atoms with van der Waals surface area (Å²) in [4.78, 5) is 28.9. The zero-order valence-corrected chi connectivity index (χ0v) is 18.4. The molecule has 1 aliphatic heterocycles. The lowest BCUT2D eigenvalue weighted by molar-refractivity contribution is -0.129. The van der Waals surface area contributed by atoms with Crippen molar-refractivity contribution < 1.29 is 28.2 Å². The summed E-state index contributed by atoms with van der Waals surface area (Å²) in [5, 5.41) is 0.0999. The first-order chi connectivity index (χ1) is 15.8. The molecule has 33 heavy (non-hydrogen) atoms. The maximum absolute atomic E-state index is 13.5. The number of aliphatic imine (C=N–C) groups is 1. The standard InChI is InChI=1S/C25H17ClFNO5/c1-14-5-3-7-17(9-14)24(29)32-22-19(26)10-15(12-21(22)31-2)11-20-25(30)33-23(28-20)16-6-4-8-18(27)13-16/h3-13H,1-2H3/b20-11-. The Hall–Kier alpha value is -3.97. The molecule has 0 spiro atoms. The van der Waals surface area contributed by atoms with Gasteiger partial charge in [-0.2, -0.15) is 0 Å². The molecular formula is C25H17ClFNO5. The van der Waals surface area contributed by atoms with Crippen LogP contribution in [-0.2, 0) is 9.53 Å². The molecule has 1 aliphatic rings. The second kappa shape index (κ2) is 9.26. The van der Waals surface area contributed by atoms with E-state index in [-0.39, 0.29) is 28.1 Å². The van der Waals surface area contributed by atoms with Crippen molar-refractivity contribution in [3.8, 4) is 11.5 Å². The number of ether oxygens (including phenoxy) is 3. The number of nitrogens with zero attached hydrogens (tertiary/aromatic N) is 1. The maximum Gasteiger partial charge on any atom is 0.363 e. The third-order valence-electron chi connectivity index (χ3n) is 4.70. The fraction of sp³-hybridized carbons (Fsp3) is 0.0800. The van der Waals surface area contributed by atoms with E-state index in [1.54, 1.807) is 30.3 Å². The van der Waals surface area contributed by atoms with Gasteiger partial charge in [0, 0.05) is 5.56 Å². The monoisotopic (exact) mass is 465 g/mol. The predicted octanol–water partition coefficient (Wildman–Crippen LogP) is 5.36. The van der Waals surface area contributed by atoms with Gasteiger partial charge in [0.05, 0.1) is 17.7 Å². The van der Waals surface area contributed by atoms with Crippen LogP contribution in [0.1, 0.15) is 27.0 Å². The highest BCUT2D eigenvalue weighted by Gasteiger charge is 2.25. The second-order valence-corrected chi connectivity index (χ2v) is 7.55. The van der Waals surface area contributed by atoms with E-state index in [1.165, 1.54) is 37.5 Å². The van der Waals surface area contributed by atoms with Crippen molar-refractivity contribution in [1.29, 1.82) is 0 Å². The highest BCUT2D eigenvalue weighted by Crippen LogP contribution is 2.38. The molecular weight excluding hydrogens is 449 g/mol. The lowest BCUT2D eigenvalue weighted by Crippen LogP contribution is -2.10. The van der Waals surface area contributed by atoms with Crippen molar-refractivity contribution >= 4 is 35.5 Å². The fourth-order valence-electron chi connectivity index (χ4n) is 3.16. The number of benzene rings is 3. The number of hydrogen-bond acceptors (Lipinski definition) is 6. The lowest BCUT2D eigenvalue weighted by atomic mass is 10.1. The van der Waals surface area contributed by atoms with Crippen LogP contribution in [0.5, 0.6) is 11.5 Å². The van der Waals surface area contributed by atoms with Gasteiger partial charge in [0.15, 0.2) is 17.2 Å². The van der Waals surface area contributed by atoms with E-state index in [4.69, 9.17) is 25.8 Å². The van der Waals surface area contributed by atoms with Crippen molar-refractivity contribution in [2.24, 2.45) is 4.99 Å². The van der Waals surface area contributed by atoms with Gasteiger partial charge in [0.2, 0.25) is 5.90 Å². The quantitative estimate of drug-likeness (QED) is 0.288. The number of aryl methyl sites for hydroxylation is 1. The average Bonchev–Trinajstić information content (AvgIpc) is 3.15. The SMILES string of the molecule is COc1cc(/C=C2\N=C(c3cccc(F)c3)OC2=O)cc(Cl)c1OC(=O)c1cccc(C)c1. The molecule has 0 unspecified atom stereocenters. The van der Waals surface area contributed by atoms with Crippen LogP contribution in [0.4, 0.5) is 4.39 Å². The molecule has 0 radical (unpaired) electrons. The molecule has 0 amide bonds. The van der Waals surface area contributed by atoms with Crippen LogP contribution < -0.4 is 9.47 Å². The highest BCUT2D eigenvalue weighted by molar-refractivity contribution is 6.32. The van der Waals surface area contributed by atoms with Gasteiger partial charge >= 0.3 is 11.9 Å². The summed E-state index contributed by atoms with van der Waals surface area (Å²) in [5.41, 5.74) is 2.07. The van der Waals surface area contributed by atoms with Crippen molar-refractivity contribution in [3.63, 3.8) is 0 Å². The Labute approximate surface area is 193 Å². The third kappa shape index (κ3) is 4.94. The van der Waals surface area contributed by atoms with Crippen LogP contribution in [0.15, 0.2) is 71.4 Å². The van der Waals surface area contributed by atoms with Crippen molar-refractivity contribution in [2.75, 3.05) is 7.11 Å². The van der Waals surface area contributed by atoms with Gasteiger partial charge in [0.25, 0.3) is 0 Å². The van der Waals surface area contributed by atoms with Crippen LogP contribution in [-0.4, -0.2) is 24.9 Å². The van der Waals surface area contributed by atoms with E-state index < -0.39 is 17.8 Å². The summed E-state index contributed by atoms with van der Waals surface area (Å²) in [6, 6.07) is 15.5. The first-order valence-electron chi connectivity index (χ1n) is 9.79. The van der Waals surface area contributed by atoms with Crippen LogP contribution in [0, 0.1) is 12.7 Å². The van der Waals surface area contributed by atoms with Gasteiger partial charge in [-0.1, -0.05) is 35.4 Å². The zero-order chi connectivity index (χ0) is 23.5. The van der Waals surface area contributed by atoms with Crippen LogP contribution >= 0.6 is 11.6 Å². The number of rotatable bonds is 5. The van der Waals surface area contributed by atoms with E-state index in [9.17, 15) is 14.0 Å². The number of carbonyl (C=O) groups is 2. The average molecular weight is 466 g/mol. The number of methoxy groups -OCH3 is 1. The van der Waals surface area contributed by atoms with Gasteiger partial charge in [-0.25, -0.2) is 19.0 Å². The van der Waals surface area contributed by atoms with Crippen LogP contribution in [0.2, 0.25) is 5.02 Å². The molecule has 0 aromatic heterocycles. The van der Waals surface area contributed by atoms with Gasteiger partial charge in [-0.3, -0.25) is 0 Å². The summed E-state index contributed by atoms with van der Waals surface area (Å²) in [5.74, 6) is -1.53. The Kier molecular flexibility index (Phi) is 6.24. The van der Waals surface area contributed by atoms with Crippen molar-refractivity contribution in [1.82, 2.24) is 0 Å². The molecule has 0 saturated heterocycles. The molecule has 0 fully saturated rings. The summed E-state index contributed by atoms with van der Waals surface area (Å²) in [6.45, 7) is 1.86. The molecule has 1 heterocycles. The molecule has 3 aromatic carbocycles. The first kappa shape index (κ1) is 22.2. The zero-order valence-electron chi connectivity index (χ0n) is 17.6. The Morgan fingerprint density at radius 2 is 1.91 bits per heavy atom. The number of hydrogen-bond donors (Lipinski definition) is 0. The molecule has 0 aliphatic carbocycles. The lowest BCUT2D eigenvalue weighted by Gasteiger charge is -2.12. The minimum absolute atomic E-state index is 0.00288. The van der Waals surface area contributed by atoms with Gasteiger partial charge in [0.1, 0.15) is 5.82 Å². The number of halogens is 2. The van der Waals surface area contributed by atoms with E-state index in [0.717, 1.165) is 5.56 Å². The highest BCUT2D eigenvalue weighted by atomic mass is 35.5. The minimum Gasteiger partial charge on any atom is -0.493 e. The number of esters is 2. The van der Waals surface area contributed by atoms with Gasteiger partial charge in [-0.05, 0) is 61.0 Å². The number of cyclic esters (lactones) is 1. The van der Waals surface area contributed by atoms with Crippen molar-refractivity contribution in [3.05, 3.63) is 99.5 Å². The molecule has 8 heteroatoms. The molecule has 166 valence electrons. The normalized spacial score (nSPS) is 14.1. The summed E-state index contributed by atoms with van der Waals surface area (Å²) in [6.07, 6.45) is 1.44. The van der Waals surface area contributed by atoms with Crippen LogP contribution in [0.3, 0.4) is 0 Å². The summed E-state index contributed by atoms with van der Waals surface area (Å²) in [7, 11) is 1.40. The maximum atomic E-state index is 13.5. The van der Waals surface area contributed by atoms with E-state index in [2.05, 4.69) is 4.99 Å². The summed E-state index contributed by atoms with van der Waals surface area (Å²) < 4.78 is 29.4. The molecule has 3 aromatic rings. The third-order valence-corrected chi connectivity index (χ3v) is 4.98. The molecule has 0 saturated carbocycles. The largest absolute Gasteiger partial charge is 0.493 e. The Morgan fingerprint density at radius 3 is 2.64 bits per heavy atom. The molecule has 0 N–H and O–H groups in total. The minimum atomic E-state index is -0.695. The van der Waals surface area contributed by atoms with E-state index in [0.29, 0.717) is 16.7 Å². The second-order valence-electron chi connectivity index (χ2n) is 7.14. The predicted molar refractivity (Wildman–Crippen MR) is 121 cm³/mol. The molecule has 0 bridgehead atoms. The topological polar surface area (TPSA) is 74.2 Å². The molecule has 4 rings (SSSR count). The molecule has 0 atom stereocenters. The van der Waals surface area contributed by atoms with Gasteiger partial charge in [-0.15, -0.1) is 0 Å². The van der Waals surface area contributed by atoms with Gasteiger partial charge < -0.3 is 14.2 Å². The van der Waals surface area contributed by atoms with Crippen molar-refractivity contribution in [2.45, 2.75) is 6.92 Å². The van der Waals surface area contributed by atoms with E-state index >= 15 is 0 Å². The van der Waals surface area contributed by atoms with E-state index in [1.807, 2.05) is 13.0 Å². The summed E-state index contributed by atoms with van der Waals surface area (Å²) >= 11 is 6.36. The number of carbonyl (C=O) groups excluding carboxylic acids is 2. The van der Waals surface area contributed by atoms with Crippen LogP contribution in [0.25, 0.3) is 6.08 Å². The fourth-order valence-corrected chi connectivity index (χ4v) is 3.42. The molecule has 6 nitrogen and oxygen atoms in total. The first-order valence-corrected chi connectivity index (χ1v) is 10.2. The Bertz CT molecular complexity index is 1330. The smallest absolute Gasteiger partial charge is 0.363 e.